The second-order valence-corrected chi connectivity index (χ2v) is 6.55. The maximum absolute atomic E-state index is 11.0. The molecule has 0 radical (unpaired) electrons. The zero-order valence-electron chi connectivity index (χ0n) is 7.14. The summed E-state index contributed by atoms with van der Waals surface area (Å²) >= 11 is 4.17. The molecule has 4 N–H and O–H groups in total. The maximum atomic E-state index is 11.0. The Hall–Kier alpha value is -0.570. The van der Waals surface area contributed by atoms with E-state index in [1.165, 1.54) is 12.3 Å². The van der Waals surface area contributed by atoms with Crippen molar-refractivity contribution in [1.29, 1.82) is 0 Å². The Morgan fingerprint density at radius 1 is 1.53 bits per heavy atom. The van der Waals surface area contributed by atoms with Crippen molar-refractivity contribution in [3.63, 3.8) is 0 Å². The van der Waals surface area contributed by atoms with E-state index >= 15 is 0 Å². The highest BCUT2D eigenvalue weighted by Gasteiger charge is 2.20. The first-order valence-corrected chi connectivity index (χ1v) is 7.60. The first kappa shape index (κ1) is 12.5. The lowest BCUT2D eigenvalue weighted by molar-refractivity contribution is 0.360. The zero-order chi connectivity index (χ0) is 11.7. The van der Waals surface area contributed by atoms with Crippen LogP contribution in [0.25, 0.3) is 0 Å². The topological polar surface area (TPSA) is 123 Å². The third-order valence-corrected chi connectivity index (χ3v) is 2.81. The van der Waals surface area contributed by atoms with Gasteiger partial charge in [0.15, 0.2) is 0 Å². The summed E-state index contributed by atoms with van der Waals surface area (Å²) in [6.07, 6.45) is 1.20. The molecule has 0 aliphatic rings. The van der Waals surface area contributed by atoms with E-state index in [0.717, 1.165) is 6.07 Å². The molecule has 0 saturated heterocycles. The van der Waals surface area contributed by atoms with Crippen molar-refractivity contribution < 1.29 is 22.7 Å². The van der Waals surface area contributed by atoms with Gasteiger partial charge in [-0.15, -0.1) is 0 Å². The minimum Gasteiger partial charge on any atom is -0.404 e. The lowest BCUT2D eigenvalue weighted by atomic mass is 10.5. The number of hydrogen-bond acceptors (Lipinski definition) is 5. The van der Waals surface area contributed by atoms with Crippen LogP contribution in [0.2, 0.25) is 0 Å². The molecule has 10 heteroatoms. The van der Waals surface area contributed by atoms with Gasteiger partial charge in [-0.25, -0.2) is 18.5 Å². The van der Waals surface area contributed by atoms with E-state index in [0.29, 0.717) is 0 Å². The summed E-state index contributed by atoms with van der Waals surface area (Å²) in [5.41, 5.74) is 0. The van der Waals surface area contributed by atoms with Gasteiger partial charge in [-0.05, 0) is 12.1 Å². The maximum Gasteiger partial charge on any atom is 0.376 e. The molecule has 84 valence electrons. The van der Waals surface area contributed by atoms with Crippen molar-refractivity contribution in [2.24, 2.45) is 5.14 Å². The van der Waals surface area contributed by atoms with Gasteiger partial charge in [0.25, 0.3) is 0 Å². The quantitative estimate of drug-likeness (QED) is 0.621. The second-order valence-electron chi connectivity index (χ2n) is 2.43. The van der Waals surface area contributed by atoms with Crippen molar-refractivity contribution in [2.75, 3.05) is 0 Å². The van der Waals surface area contributed by atoms with Crippen molar-refractivity contribution in [3.8, 4) is 5.88 Å². The van der Waals surface area contributed by atoms with Crippen LogP contribution in [0.5, 0.6) is 5.88 Å². The molecule has 0 amide bonds. The Balaban J connectivity index is 3.26. The third kappa shape index (κ3) is 3.82. The number of rotatable bonds is 3. The molecule has 15 heavy (non-hydrogen) atoms. The normalized spacial score (nSPS) is 12.5. The van der Waals surface area contributed by atoms with Crippen LogP contribution in [0.3, 0.4) is 0 Å². The summed E-state index contributed by atoms with van der Waals surface area (Å²) in [6.45, 7) is -4.03. The van der Waals surface area contributed by atoms with Crippen LogP contribution in [-0.2, 0) is 21.8 Å². The van der Waals surface area contributed by atoms with E-state index in [1.807, 2.05) is 0 Å². The van der Waals surface area contributed by atoms with E-state index in [1.54, 1.807) is 0 Å². The van der Waals surface area contributed by atoms with Gasteiger partial charge in [-0.2, -0.15) is 0 Å². The highest BCUT2D eigenvalue weighted by molar-refractivity contribution is 8.06. The first-order valence-electron chi connectivity index (χ1n) is 3.43. The van der Waals surface area contributed by atoms with E-state index < -0.39 is 27.5 Å². The molecular formula is C5H7N2O5PS2. The molecule has 0 unspecified atom stereocenters. The Bertz CT molecular complexity index is 510. The number of aromatic nitrogens is 1. The predicted octanol–water partition coefficient (Wildman–Crippen LogP) is -0.683. The van der Waals surface area contributed by atoms with Crippen molar-refractivity contribution in [3.05, 3.63) is 18.3 Å². The van der Waals surface area contributed by atoms with Gasteiger partial charge in [0, 0.05) is 18.0 Å². The monoisotopic (exact) mass is 270 g/mol. The summed E-state index contributed by atoms with van der Waals surface area (Å²) in [7, 11) is -4.04. The molecule has 1 heterocycles. The SMILES string of the molecule is NS(=O)(=O)c1cccnc1OP(O)(O)=S. The van der Waals surface area contributed by atoms with Gasteiger partial charge in [0.05, 0.1) is 0 Å². The van der Waals surface area contributed by atoms with Gasteiger partial charge >= 0.3 is 6.72 Å². The number of hydrogen-bond donors (Lipinski definition) is 3. The molecule has 0 atom stereocenters. The van der Waals surface area contributed by atoms with E-state index in [9.17, 15) is 8.42 Å². The summed E-state index contributed by atoms with van der Waals surface area (Å²) < 4.78 is 26.5. The molecule has 1 aromatic rings. The molecular weight excluding hydrogens is 263 g/mol. The molecule has 1 rings (SSSR count). The molecule has 0 saturated carbocycles. The largest absolute Gasteiger partial charge is 0.404 e. The van der Waals surface area contributed by atoms with Crippen LogP contribution >= 0.6 is 6.72 Å². The van der Waals surface area contributed by atoms with Gasteiger partial charge in [0.2, 0.25) is 15.9 Å². The highest BCUT2D eigenvalue weighted by atomic mass is 32.5. The van der Waals surface area contributed by atoms with Crippen LogP contribution in [-0.4, -0.2) is 23.2 Å². The number of nitrogens with zero attached hydrogens (tertiary/aromatic N) is 1. The first-order chi connectivity index (χ1) is 6.70. The molecule has 0 aromatic carbocycles. The van der Waals surface area contributed by atoms with Crippen LogP contribution in [0.4, 0.5) is 0 Å². The van der Waals surface area contributed by atoms with Crippen LogP contribution < -0.4 is 9.66 Å². The van der Waals surface area contributed by atoms with Crippen LogP contribution in [0, 0.1) is 0 Å². The lowest BCUT2D eigenvalue weighted by Crippen LogP contribution is -2.14. The number of pyridine rings is 1. The molecule has 0 aliphatic heterocycles. The summed E-state index contributed by atoms with van der Waals surface area (Å²) in [5.74, 6) is -0.520. The standard InChI is InChI=1S/C5H7N2O5PS2/c6-15(10,11)4-2-1-3-7-5(4)12-13(8,9)14/h1-3H,(H2,6,10,11)(H2,8,9,14). The van der Waals surface area contributed by atoms with Crippen LogP contribution in [0.1, 0.15) is 0 Å². The Kier molecular flexibility index (Phi) is 3.44. The summed E-state index contributed by atoms with van der Waals surface area (Å²) in [4.78, 5) is 20.7. The molecule has 0 fully saturated rings. The number of sulfonamides is 1. The minimum absolute atomic E-state index is 0.456. The average molecular weight is 270 g/mol. The molecule has 0 aliphatic carbocycles. The Labute approximate surface area is 90.8 Å². The molecule has 0 bridgehead atoms. The predicted molar refractivity (Wildman–Crippen MR) is 55.0 cm³/mol. The summed E-state index contributed by atoms with van der Waals surface area (Å²) in [5, 5.41) is 4.84. The smallest absolute Gasteiger partial charge is 0.376 e. The van der Waals surface area contributed by atoms with Gasteiger partial charge in [0.1, 0.15) is 4.90 Å². The van der Waals surface area contributed by atoms with E-state index in [2.05, 4.69) is 21.3 Å². The summed E-state index contributed by atoms with van der Waals surface area (Å²) in [6, 6.07) is 2.42. The van der Waals surface area contributed by atoms with E-state index in [-0.39, 0.29) is 0 Å². The van der Waals surface area contributed by atoms with Crippen LogP contribution in [0.15, 0.2) is 23.2 Å². The third-order valence-electron chi connectivity index (χ3n) is 1.25. The number of nitrogens with two attached hydrogens (primary N) is 1. The Morgan fingerprint density at radius 3 is 2.60 bits per heavy atom. The number of primary sulfonamides is 1. The van der Waals surface area contributed by atoms with Gasteiger partial charge in [-0.1, -0.05) is 0 Å². The fourth-order valence-corrected chi connectivity index (χ4v) is 2.02. The fourth-order valence-electron chi connectivity index (χ4n) is 0.774. The molecule has 7 nitrogen and oxygen atoms in total. The molecule has 1 aromatic heterocycles. The molecule has 0 spiro atoms. The van der Waals surface area contributed by atoms with Crippen molar-refractivity contribution in [1.82, 2.24) is 4.98 Å². The Morgan fingerprint density at radius 2 is 2.13 bits per heavy atom. The van der Waals surface area contributed by atoms with Crippen molar-refractivity contribution in [2.45, 2.75) is 4.90 Å². The minimum atomic E-state index is -4.04. The highest BCUT2D eigenvalue weighted by Crippen LogP contribution is 2.38. The average Bonchev–Trinajstić information content (AvgIpc) is 1.99. The lowest BCUT2D eigenvalue weighted by Gasteiger charge is -2.10. The van der Waals surface area contributed by atoms with Gasteiger partial charge in [-0.3, -0.25) is 0 Å². The zero-order valence-corrected chi connectivity index (χ0v) is 9.67. The second kappa shape index (κ2) is 4.12. The van der Waals surface area contributed by atoms with Gasteiger partial charge < -0.3 is 14.3 Å². The van der Waals surface area contributed by atoms with E-state index in [4.69, 9.17) is 14.9 Å². The fraction of sp³-hybridized carbons (Fsp3) is 0. The van der Waals surface area contributed by atoms with Crippen molar-refractivity contribution >= 4 is 28.5 Å².